The minimum absolute atomic E-state index is 0.524. The average molecular weight is 131 g/mol. The molecule has 1 aliphatic heterocycles. The molecule has 0 unspecified atom stereocenters. The number of carboxylic acids is 1. The molecule has 0 aromatic heterocycles. The standard InChI is InChI=1S/C5H9NO3/c7-4-2-1-3(6-4)5(8)9/h3-4,6-7H,1-2H2,(H,8,9)/t3-,4+/m0/s1. The van der Waals surface area contributed by atoms with Crippen molar-refractivity contribution in [3.63, 3.8) is 0 Å². The van der Waals surface area contributed by atoms with Gasteiger partial charge in [0.15, 0.2) is 0 Å². The Morgan fingerprint density at radius 2 is 2.22 bits per heavy atom. The maximum Gasteiger partial charge on any atom is 0.320 e. The molecule has 1 heterocycles. The van der Waals surface area contributed by atoms with Crippen LogP contribution in [0.4, 0.5) is 0 Å². The molecule has 0 saturated carbocycles. The van der Waals surface area contributed by atoms with Crippen molar-refractivity contribution in [2.45, 2.75) is 25.1 Å². The fraction of sp³-hybridized carbons (Fsp3) is 0.800. The van der Waals surface area contributed by atoms with Gasteiger partial charge in [0.25, 0.3) is 0 Å². The summed E-state index contributed by atoms with van der Waals surface area (Å²) in [7, 11) is 0. The number of hydrogen-bond acceptors (Lipinski definition) is 3. The summed E-state index contributed by atoms with van der Waals surface area (Å²) in [6.07, 6.45) is 0.444. The summed E-state index contributed by atoms with van der Waals surface area (Å²) in [6.45, 7) is 0. The lowest BCUT2D eigenvalue weighted by Crippen LogP contribution is -2.34. The van der Waals surface area contributed by atoms with Crippen LogP contribution in [0.5, 0.6) is 0 Å². The molecule has 0 aliphatic carbocycles. The van der Waals surface area contributed by atoms with Crippen LogP contribution in [0.3, 0.4) is 0 Å². The van der Waals surface area contributed by atoms with Crippen molar-refractivity contribution in [3.8, 4) is 0 Å². The minimum atomic E-state index is -0.883. The predicted molar refractivity (Wildman–Crippen MR) is 29.8 cm³/mol. The Hall–Kier alpha value is -0.610. The van der Waals surface area contributed by atoms with E-state index in [1.54, 1.807) is 0 Å². The molecular weight excluding hydrogens is 122 g/mol. The summed E-state index contributed by atoms with van der Waals surface area (Å²) < 4.78 is 0. The average Bonchev–Trinajstić information content (AvgIpc) is 2.14. The normalized spacial score (nSPS) is 34.8. The van der Waals surface area contributed by atoms with Crippen LogP contribution in [0.1, 0.15) is 12.8 Å². The number of hydrogen-bond donors (Lipinski definition) is 3. The second kappa shape index (κ2) is 2.33. The molecule has 0 aromatic carbocycles. The molecule has 0 bridgehead atoms. The van der Waals surface area contributed by atoms with E-state index < -0.39 is 18.2 Å². The number of rotatable bonds is 1. The van der Waals surface area contributed by atoms with Gasteiger partial charge in [-0.2, -0.15) is 0 Å². The van der Waals surface area contributed by atoms with E-state index in [-0.39, 0.29) is 0 Å². The quantitative estimate of drug-likeness (QED) is 0.433. The molecule has 1 rings (SSSR count). The Bertz CT molecular complexity index is 125. The van der Waals surface area contributed by atoms with Gasteiger partial charge in [-0.1, -0.05) is 0 Å². The molecule has 3 N–H and O–H groups in total. The molecule has 0 radical (unpaired) electrons. The monoisotopic (exact) mass is 131 g/mol. The lowest BCUT2D eigenvalue weighted by atomic mass is 10.2. The Balaban J connectivity index is 2.39. The lowest BCUT2D eigenvalue weighted by molar-refractivity contribution is -0.139. The lowest BCUT2D eigenvalue weighted by Gasteiger charge is -2.03. The molecule has 1 aliphatic rings. The molecular formula is C5H9NO3. The maximum absolute atomic E-state index is 10.2. The van der Waals surface area contributed by atoms with Gasteiger partial charge in [0.1, 0.15) is 12.3 Å². The van der Waals surface area contributed by atoms with E-state index in [1.165, 1.54) is 0 Å². The topological polar surface area (TPSA) is 69.6 Å². The zero-order valence-electron chi connectivity index (χ0n) is 4.87. The summed E-state index contributed by atoms with van der Waals surface area (Å²) >= 11 is 0. The van der Waals surface area contributed by atoms with E-state index in [1.807, 2.05) is 0 Å². The summed E-state index contributed by atoms with van der Waals surface area (Å²) in [5.74, 6) is -0.883. The fourth-order valence-electron chi connectivity index (χ4n) is 0.918. The van der Waals surface area contributed by atoms with E-state index in [2.05, 4.69) is 5.32 Å². The molecule has 4 heteroatoms. The molecule has 4 nitrogen and oxygen atoms in total. The van der Waals surface area contributed by atoms with Crippen LogP contribution >= 0.6 is 0 Å². The Morgan fingerprint density at radius 1 is 1.56 bits per heavy atom. The van der Waals surface area contributed by atoms with Gasteiger partial charge < -0.3 is 10.2 Å². The van der Waals surface area contributed by atoms with E-state index in [0.717, 1.165) is 0 Å². The highest BCUT2D eigenvalue weighted by molar-refractivity contribution is 5.73. The predicted octanol–water partition coefficient (Wildman–Crippen LogP) is -0.859. The van der Waals surface area contributed by atoms with Crippen molar-refractivity contribution in [2.75, 3.05) is 0 Å². The zero-order chi connectivity index (χ0) is 6.85. The summed E-state index contributed by atoms with van der Waals surface area (Å²) in [5, 5.41) is 19.6. The smallest absolute Gasteiger partial charge is 0.320 e. The van der Waals surface area contributed by atoms with E-state index in [9.17, 15) is 4.79 Å². The first-order chi connectivity index (χ1) is 4.20. The van der Waals surface area contributed by atoms with Gasteiger partial charge >= 0.3 is 5.97 Å². The molecule has 52 valence electrons. The Labute approximate surface area is 52.5 Å². The molecule has 2 atom stereocenters. The van der Waals surface area contributed by atoms with Crippen molar-refractivity contribution in [2.24, 2.45) is 0 Å². The third-order valence-electron chi connectivity index (χ3n) is 1.42. The van der Waals surface area contributed by atoms with Crippen LogP contribution in [-0.2, 0) is 4.79 Å². The number of nitrogens with one attached hydrogen (secondary N) is 1. The molecule has 1 saturated heterocycles. The van der Waals surface area contributed by atoms with Gasteiger partial charge in [0, 0.05) is 0 Å². The first-order valence-corrected chi connectivity index (χ1v) is 2.87. The fourth-order valence-corrected chi connectivity index (χ4v) is 0.918. The van der Waals surface area contributed by atoms with E-state index in [0.29, 0.717) is 12.8 Å². The highest BCUT2D eigenvalue weighted by atomic mass is 16.4. The van der Waals surface area contributed by atoms with Crippen LogP contribution in [-0.4, -0.2) is 28.5 Å². The van der Waals surface area contributed by atoms with Gasteiger partial charge in [0.2, 0.25) is 0 Å². The number of aliphatic carboxylic acids is 1. The SMILES string of the molecule is O=C(O)[C@@H]1CC[C@@H](O)N1. The highest BCUT2D eigenvalue weighted by Gasteiger charge is 2.26. The maximum atomic E-state index is 10.2. The van der Waals surface area contributed by atoms with E-state index in [4.69, 9.17) is 10.2 Å². The third kappa shape index (κ3) is 1.40. The van der Waals surface area contributed by atoms with Crippen LogP contribution in [0, 0.1) is 0 Å². The number of carboxylic acid groups (broad SMARTS) is 1. The highest BCUT2D eigenvalue weighted by Crippen LogP contribution is 2.09. The van der Waals surface area contributed by atoms with Crippen LogP contribution in [0.15, 0.2) is 0 Å². The first kappa shape index (κ1) is 6.51. The zero-order valence-corrected chi connectivity index (χ0v) is 4.87. The Morgan fingerprint density at radius 3 is 2.44 bits per heavy atom. The second-order valence-electron chi connectivity index (χ2n) is 2.15. The molecule has 0 amide bonds. The van der Waals surface area contributed by atoms with Crippen LogP contribution in [0.25, 0.3) is 0 Å². The minimum Gasteiger partial charge on any atom is -0.480 e. The second-order valence-corrected chi connectivity index (χ2v) is 2.15. The summed E-state index contributed by atoms with van der Waals surface area (Å²) in [6, 6.07) is -0.542. The van der Waals surface area contributed by atoms with Crippen molar-refractivity contribution in [1.82, 2.24) is 5.32 Å². The number of carbonyl (C=O) groups is 1. The van der Waals surface area contributed by atoms with Crippen molar-refractivity contribution < 1.29 is 15.0 Å². The van der Waals surface area contributed by atoms with Crippen molar-refractivity contribution in [3.05, 3.63) is 0 Å². The molecule has 1 fully saturated rings. The summed E-state index contributed by atoms with van der Waals surface area (Å²) in [5.41, 5.74) is 0. The third-order valence-corrected chi connectivity index (χ3v) is 1.42. The van der Waals surface area contributed by atoms with Gasteiger partial charge in [-0.25, -0.2) is 0 Å². The molecule has 0 spiro atoms. The molecule has 9 heavy (non-hydrogen) atoms. The number of aliphatic hydroxyl groups is 1. The Kier molecular flexibility index (Phi) is 1.68. The number of aliphatic hydroxyl groups excluding tert-OH is 1. The van der Waals surface area contributed by atoms with Gasteiger partial charge in [-0.05, 0) is 12.8 Å². The van der Waals surface area contributed by atoms with Gasteiger partial charge in [0.05, 0.1) is 0 Å². The van der Waals surface area contributed by atoms with E-state index >= 15 is 0 Å². The van der Waals surface area contributed by atoms with Crippen molar-refractivity contribution in [1.29, 1.82) is 0 Å². The first-order valence-electron chi connectivity index (χ1n) is 2.87. The summed E-state index contributed by atoms with van der Waals surface area (Å²) in [4.78, 5) is 10.2. The molecule has 0 aromatic rings. The van der Waals surface area contributed by atoms with Gasteiger partial charge in [-0.15, -0.1) is 0 Å². The van der Waals surface area contributed by atoms with Crippen LogP contribution in [0.2, 0.25) is 0 Å². The largest absolute Gasteiger partial charge is 0.480 e. The van der Waals surface area contributed by atoms with Crippen LogP contribution < -0.4 is 5.32 Å². The van der Waals surface area contributed by atoms with Crippen molar-refractivity contribution >= 4 is 5.97 Å². The van der Waals surface area contributed by atoms with Gasteiger partial charge in [-0.3, -0.25) is 10.1 Å².